The van der Waals surface area contributed by atoms with Crippen LogP contribution < -0.4 is 9.64 Å². The van der Waals surface area contributed by atoms with Crippen molar-refractivity contribution in [1.29, 1.82) is 0 Å². The van der Waals surface area contributed by atoms with Gasteiger partial charge >= 0.3 is 0 Å². The first-order chi connectivity index (χ1) is 23.0. The molecular formula is C31H41ClN5O9P. The van der Waals surface area contributed by atoms with Crippen LogP contribution in [-0.2, 0) is 28.4 Å². The van der Waals surface area contributed by atoms with Crippen molar-refractivity contribution in [3.05, 3.63) is 41.3 Å². The normalized spacial score (nSPS) is 18.2. The molecule has 2 aromatic heterocycles. The predicted octanol–water partition coefficient (Wildman–Crippen LogP) is 3.11. The molecule has 2 unspecified atom stereocenters. The number of anilines is 1. The van der Waals surface area contributed by atoms with Gasteiger partial charge in [0.1, 0.15) is 31.1 Å². The molecule has 16 heteroatoms. The molecule has 0 radical (unpaired) electrons. The van der Waals surface area contributed by atoms with Crippen molar-refractivity contribution in [2.45, 2.75) is 31.1 Å². The lowest BCUT2D eigenvalue weighted by Crippen LogP contribution is -2.45. The first kappa shape index (κ1) is 35.6. The molecule has 2 fully saturated rings. The monoisotopic (exact) mass is 693 g/mol. The molecule has 0 bridgehead atoms. The Kier molecular flexibility index (Phi) is 14.2. The van der Waals surface area contributed by atoms with Gasteiger partial charge in [-0.25, -0.2) is 4.68 Å². The van der Waals surface area contributed by atoms with E-state index in [2.05, 4.69) is 38.0 Å². The third-order valence-electron chi connectivity index (χ3n) is 7.61. The van der Waals surface area contributed by atoms with E-state index in [-0.39, 0.29) is 30.6 Å². The molecule has 0 spiro atoms. The number of fused-ring (bicyclic) bond motifs is 1. The standard InChI is InChI=1S/C31H41ClN5O9P/c1-2-9-40-10-11-41-12-13-42-14-15-43-16-17-45-25-5-3-23(4-6-25)24-19-36(20-24)29-27-18-33-37(30(27)35-31(32)34-29)28-8-7-26(46-28)21-44-22-47(38)39/h1,3-6,18,24,26,28,38-39H,7-17,19-22H2. The molecule has 256 valence electrons. The van der Waals surface area contributed by atoms with E-state index in [1.54, 1.807) is 10.9 Å². The van der Waals surface area contributed by atoms with Crippen LogP contribution in [0.25, 0.3) is 11.0 Å². The van der Waals surface area contributed by atoms with Crippen molar-refractivity contribution >= 4 is 36.8 Å². The summed E-state index contributed by atoms with van der Waals surface area (Å²) >= 11 is 6.36. The Morgan fingerprint density at radius 2 is 1.60 bits per heavy atom. The topological polar surface area (TPSA) is 152 Å². The summed E-state index contributed by atoms with van der Waals surface area (Å²) in [6, 6.07) is 8.15. The molecule has 47 heavy (non-hydrogen) atoms. The predicted molar refractivity (Wildman–Crippen MR) is 175 cm³/mol. The summed E-state index contributed by atoms with van der Waals surface area (Å²) < 4.78 is 40.6. The maximum atomic E-state index is 9.05. The number of hydrogen-bond acceptors (Lipinski definition) is 13. The zero-order chi connectivity index (χ0) is 32.8. The van der Waals surface area contributed by atoms with Gasteiger partial charge < -0.3 is 47.8 Å². The van der Waals surface area contributed by atoms with E-state index in [0.29, 0.717) is 71.0 Å². The van der Waals surface area contributed by atoms with Gasteiger partial charge in [0.15, 0.2) is 20.3 Å². The molecule has 14 nitrogen and oxygen atoms in total. The highest BCUT2D eigenvalue weighted by Crippen LogP contribution is 2.37. The number of rotatable bonds is 21. The highest BCUT2D eigenvalue weighted by atomic mass is 35.5. The second-order valence-electron chi connectivity index (χ2n) is 10.9. The molecule has 3 aromatic rings. The molecule has 2 saturated heterocycles. The highest BCUT2D eigenvalue weighted by Gasteiger charge is 2.33. The SMILES string of the molecule is C#CCOCCOCCOCCOCCOc1ccc(C2CN(c3nc(Cl)nc4c3cnn4C3CCC(COCP(O)O)O3)C2)cc1. The van der Waals surface area contributed by atoms with Crippen LogP contribution in [0.4, 0.5) is 5.82 Å². The Hall–Kier alpha value is -2.67. The number of ether oxygens (including phenoxy) is 7. The highest BCUT2D eigenvalue weighted by molar-refractivity contribution is 7.44. The largest absolute Gasteiger partial charge is 0.491 e. The molecule has 2 aliphatic rings. The van der Waals surface area contributed by atoms with Crippen LogP contribution in [0.1, 0.15) is 30.6 Å². The maximum absolute atomic E-state index is 9.05. The Morgan fingerprint density at radius 1 is 0.915 bits per heavy atom. The summed E-state index contributed by atoms with van der Waals surface area (Å²) in [5.74, 6) is 4.29. The minimum Gasteiger partial charge on any atom is -0.491 e. The van der Waals surface area contributed by atoms with E-state index in [9.17, 15) is 0 Å². The number of nitrogens with zero attached hydrogens (tertiary/aromatic N) is 5. The molecule has 0 amide bonds. The quantitative estimate of drug-likeness (QED) is 0.0728. The van der Waals surface area contributed by atoms with Gasteiger partial charge in [0.05, 0.1) is 70.5 Å². The molecule has 5 rings (SSSR count). The summed E-state index contributed by atoms with van der Waals surface area (Å²) in [5.41, 5.74) is 1.84. The molecule has 2 N–H and O–H groups in total. The van der Waals surface area contributed by atoms with Crippen molar-refractivity contribution < 1.29 is 42.9 Å². The lowest BCUT2D eigenvalue weighted by atomic mass is 9.91. The zero-order valence-corrected chi connectivity index (χ0v) is 27.8. The Balaban J connectivity index is 0.995. The van der Waals surface area contributed by atoms with Crippen molar-refractivity contribution in [3.63, 3.8) is 0 Å². The summed E-state index contributed by atoms with van der Waals surface area (Å²) in [4.78, 5) is 29.3. The minimum atomic E-state index is -2.08. The van der Waals surface area contributed by atoms with E-state index in [0.717, 1.165) is 42.9 Å². The van der Waals surface area contributed by atoms with Crippen LogP contribution >= 0.6 is 20.0 Å². The van der Waals surface area contributed by atoms with Crippen molar-refractivity contribution in [3.8, 4) is 18.1 Å². The zero-order valence-electron chi connectivity index (χ0n) is 26.1. The lowest BCUT2D eigenvalue weighted by molar-refractivity contribution is -0.0384. The number of hydrogen-bond donors (Lipinski definition) is 2. The van der Waals surface area contributed by atoms with Gasteiger partial charge in [0.25, 0.3) is 0 Å². The fourth-order valence-corrected chi connectivity index (χ4v) is 5.73. The summed E-state index contributed by atoms with van der Waals surface area (Å²) in [7, 11) is -2.08. The molecule has 4 heterocycles. The molecule has 1 aromatic carbocycles. The van der Waals surface area contributed by atoms with Gasteiger partial charge in [0.2, 0.25) is 5.28 Å². The number of terminal acetylenes is 1. The summed E-state index contributed by atoms with van der Waals surface area (Å²) in [5, 5.41) is 5.53. The maximum Gasteiger partial charge on any atom is 0.226 e. The van der Waals surface area contributed by atoms with E-state index in [1.165, 1.54) is 5.56 Å². The van der Waals surface area contributed by atoms with Crippen LogP contribution in [0.5, 0.6) is 5.75 Å². The van der Waals surface area contributed by atoms with Crippen LogP contribution in [0.15, 0.2) is 30.5 Å². The Labute approximate surface area is 280 Å². The van der Waals surface area contributed by atoms with E-state index in [1.807, 2.05) is 12.1 Å². The number of halogens is 1. The fourth-order valence-electron chi connectivity index (χ4n) is 5.30. The third-order valence-corrected chi connectivity index (χ3v) is 8.19. The van der Waals surface area contributed by atoms with Crippen LogP contribution in [0, 0.1) is 12.3 Å². The molecule has 2 aliphatic heterocycles. The molecular weight excluding hydrogens is 653 g/mol. The second kappa shape index (κ2) is 18.8. The van der Waals surface area contributed by atoms with Gasteiger partial charge in [-0.2, -0.15) is 15.1 Å². The van der Waals surface area contributed by atoms with E-state index in [4.69, 9.17) is 61.0 Å². The van der Waals surface area contributed by atoms with Gasteiger partial charge in [-0.3, -0.25) is 0 Å². The average molecular weight is 694 g/mol. The Morgan fingerprint density at radius 3 is 2.28 bits per heavy atom. The van der Waals surface area contributed by atoms with Gasteiger partial charge in [-0.1, -0.05) is 18.1 Å². The number of aromatic nitrogens is 4. The third kappa shape index (κ3) is 10.7. The van der Waals surface area contributed by atoms with Gasteiger partial charge in [0, 0.05) is 19.0 Å². The number of benzene rings is 1. The Bertz CT molecular complexity index is 1420. The van der Waals surface area contributed by atoms with Crippen molar-refractivity contribution in [2.24, 2.45) is 0 Å². The fraction of sp³-hybridized carbons (Fsp3) is 0.581. The van der Waals surface area contributed by atoms with Crippen LogP contribution in [0.2, 0.25) is 5.28 Å². The second-order valence-corrected chi connectivity index (χ2v) is 12.3. The first-order valence-corrected chi connectivity index (χ1v) is 17.3. The van der Waals surface area contributed by atoms with E-state index < -0.39 is 8.38 Å². The van der Waals surface area contributed by atoms with Crippen LogP contribution in [0.3, 0.4) is 0 Å². The van der Waals surface area contributed by atoms with Crippen molar-refractivity contribution in [1.82, 2.24) is 19.7 Å². The molecule has 0 saturated carbocycles. The summed E-state index contributed by atoms with van der Waals surface area (Å²) in [6.45, 7) is 6.01. The lowest BCUT2D eigenvalue weighted by Gasteiger charge is -2.40. The minimum absolute atomic E-state index is 0.0941. The van der Waals surface area contributed by atoms with Gasteiger partial charge in [-0.05, 0) is 42.1 Å². The molecule has 0 aliphatic carbocycles. The van der Waals surface area contributed by atoms with Crippen LogP contribution in [-0.4, -0.2) is 121 Å². The summed E-state index contributed by atoms with van der Waals surface area (Å²) in [6.07, 6.45) is 7.78. The first-order valence-electron chi connectivity index (χ1n) is 15.5. The van der Waals surface area contributed by atoms with E-state index >= 15 is 0 Å². The average Bonchev–Trinajstić information content (AvgIpc) is 3.68. The van der Waals surface area contributed by atoms with Crippen molar-refractivity contribution in [2.75, 3.05) is 90.4 Å². The molecule has 2 atom stereocenters. The van der Waals surface area contributed by atoms with Gasteiger partial charge in [-0.15, -0.1) is 6.42 Å². The smallest absolute Gasteiger partial charge is 0.226 e.